The molecule has 1 aliphatic rings. The number of aryl methyl sites for hydroxylation is 1. The van der Waals surface area contributed by atoms with Crippen LogP contribution in [0.25, 0.3) is 5.69 Å². The van der Waals surface area contributed by atoms with Gasteiger partial charge in [-0.15, -0.1) is 0 Å². The molecule has 2 aromatic carbocycles. The van der Waals surface area contributed by atoms with Gasteiger partial charge in [-0.25, -0.2) is 19.0 Å². The summed E-state index contributed by atoms with van der Waals surface area (Å²) >= 11 is 12.7. The van der Waals surface area contributed by atoms with Gasteiger partial charge in [-0.05, 0) is 57.2 Å². The van der Waals surface area contributed by atoms with Gasteiger partial charge in [0, 0.05) is 23.0 Å². The maximum atomic E-state index is 12.7. The van der Waals surface area contributed by atoms with Gasteiger partial charge in [0.2, 0.25) is 5.79 Å². The Morgan fingerprint density at radius 1 is 1.19 bits per heavy atom. The monoisotopic (exact) mass is 543 g/mol. The van der Waals surface area contributed by atoms with Gasteiger partial charge >= 0.3 is 5.69 Å². The molecule has 0 unspecified atom stereocenters. The first-order valence-electron chi connectivity index (χ1n) is 11.9. The number of halogens is 2. The predicted octanol–water partition coefficient (Wildman–Crippen LogP) is 4.77. The number of aromatic nitrogens is 5. The molecule has 194 valence electrons. The molecule has 3 heterocycles. The van der Waals surface area contributed by atoms with Crippen molar-refractivity contribution in [3.8, 4) is 11.4 Å². The van der Waals surface area contributed by atoms with Gasteiger partial charge in [0.05, 0.1) is 36.2 Å². The van der Waals surface area contributed by atoms with E-state index in [0.29, 0.717) is 40.3 Å². The van der Waals surface area contributed by atoms with E-state index in [-0.39, 0.29) is 24.4 Å². The van der Waals surface area contributed by atoms with Crippen LogP contribution < -0.4 is 10.4 Å². The molecule has 4 aromatic rings. The topological polar surface area (TPSA) is 85.3 Å². The average molecular weight is 544 g/mol. The summed E-state index contributed by atoms with van der Waals surface area (Å²) in [5.74, 6) is 0.153. The average Bonchev–Trinajstić information content (AvgIpc) is 3.59. The standard InChI is InChI=1S/C26H27Cl2N5O4/c1-17(2)33-25(34)32(18(3)30-33)20-5-7-21(8-6-20)35-13-22-14-36-26(37-22,15-31-11-10-29-16-31)23-9-4-19(27)12-24(23)28/h4-12,16-17,22H,13-15H2,1-3H3/t22-,26-/m1/s1. The van der Waals surface area contributed by atoms with Gasteiger partial charge in [-0.2, -0.15) is 5.10 Å². The normalized spacial score (nSPS) is 19.6. The highest BCUT2D eigenvalue weighted by Crippen LogP contribution is 2.40. The van der Waals surface area contributed by atoms with Crippen molar-refractivity contribution in [2.45, 2.75) is 45.2 Å². The summed E-state index contributed by atoms with van der Waals surface area (Å²) in [4.78, 5) is 16.8. The van der Waals surface area contributed by atoms with E-state index in [1.165, 1.54) is 4.68 Å². The van der Waals surface area contributed by atoms with Gasteiger partial charge in [-0.3, -0.25) is 0 Å². The molecule has 1 saturated heterocycles. The quantitative estimate of drug-likeness (QED) is 0.318. The summed E-state index contributed by atoms with van der Waals surface area (Å²) in [5, 5.41) is 5.34. The lowest BCUT2D eigenvalue weighted by molar-refractivity contribution is -0.189. The summed E-state index contributed by atoms with van der Waals surface area (Å²) in [6.45, 7) is 6.60. The predicted molar refractivity (Wildman–Crippen MR) is 140 cm³/mol. The summed E-state index contributed by atoms with van der Waals surface area (Å²) in [6, 6.07) is 12.5. The number of rotatable bonds is 8. The molecule has 0 radical (unpaired) electrons. The Labute approximate surface area is 224 Å². The summed E-state index contributed by atoms with van der Waals surface area (Å²) in [5.41, 5.74) is 1.23. The number of nitrogens with zero attached hydrogens (tertiary/aromatic N) is 5. The van der Waals surface area contributed by atoms with Crippen molar-refractivity contribution in [3.05, 3.63) is 93.1 Å². The van der Waals surface area contributed by atoms with Crippen molar-refractivity contribution < 1.29 is 14.2 Å². The Balaban J connectivity index is 1.30. The first-order chi connectivity index (χ1) is 17.8. The Morgan fingerprint density at radius 3 is 2.62 bits per heavy atom. The second kappa shape index (κ2) is 10.3. The lowest BCUT2D eigenvalue weighted by atomic mass is 10.1. The molecule has 0 N–H and O–H groups in total. The van der Waals surface area contributed by atoms with Gasteiger partial charge in [-0.1, -0.05) is 29.3 Å². The highest BCUT2D eigenvalue weighted by Gasteiger charge is 2.45. The zero-order valence-electron chi connectivity index (χ0n) is 20.7. The van der Waals surface area contributed by atoms with E-state index in [4.69, 9.17) is 37.4 Å². The SMILES string of the molecule is Cc1nn(C(C)C)c(=O)n1-c1ccc(OC[C@@H]2CO[C@@](Cn3ccnc3)(c3ccc(Cl)cc3Cl)O2)cc1. The molecule has 9 nitrogen and oxygen atoms in total. The van der Waals surface area contributed by atoms with E-state index in [2.05, 4.69) is 10.1 Å². The van der Waals surface area contributed by atoms with E-state index in [1.54, 1.807) is 29.2 Å². The molecule has 2 aromatic heterocycles. The molecule has 2 atom stereocenters. The van der Waals surface area contributed by atoms with Crippen LogP contribution in [0.2, 0.25) is 10.0 Å². The van der Waals surface area contributed by atoms with Crippen LogP contribution in [0.5, 0.6) is 5.75 Å². The Kier molecular flexibility index (Phi) is 7.13. The maximum Gasteiger partial charge on any atom is 0.350 e. The number of ether oxygens (including phenoxy) is 3. The van der Waals surface area contributed by atoms with Crippen LogP contribution in [0.3, 0.4) is 0 Å². The van der Waals surface area contributed by atoms with E-state index in [9.17, 15) is 4.79 Å². The lowest BCUT2D eigenvalue weighted by Crippen LogP contribution is -2.34. The van der Waals surface area contributed by atoms with Crippen molar-refractivity contribution in [2.75, 3.05) is 13.2 Å². The molecule has 5 rings (SSSR count). The first kappa shape index (κ1) is 25.5. The molecule has 37 heavy (non-hydrogen) atoms. The molecular weight excluding hydrogens is 517 g/mol. The van der Waals surface area contributed by atoms with Crippen LogP contribution >= 0.6 is 23.2 Å². The number of imidazole rings is 1. The van der Waals surface area contributed by atoms with Crippen LogP contribution in [0.1, 0.15) is 31.3 Å². The second-order valence-electron chi connectivity index (χ2n) is 9.17. The zero-order valence-corrected chi connectivity index (χ0v) is 22.2. The minimum Gasteiger partial charge on any atom is -0.491 e. The molecule has 0 saturated carbocycles. The van der Waals surface area contributed by atoms with Crippen molar-refractivity contribution >= 4 is 23.2 Å². The van der Waals surface area contributed by atoms with Crippen LogP contribution in [-0.4, -0.2) is 43.2 Å². The Morgan fingerprint density at radius 2 is 1.97 bits per heavy atom. The van der Waals surface area contributed by atoms with E-state index in [1.807, 2.05) is 61.9 Å². The molecule has 0 amide bonds. The number of benzene rings is 2. The zero-order chi connectivity index (χ0) is 26.2. The third-order valence-electron chi connectivity index (χ3n) is 6.13. The summed E-state index contributed by atoms with van der Waals surface area (Å²) < 4.78 is 23.6. The minimum atomic E-state index is -1.12. The van der Waals surface area contributed by atoms with E-state index >= 15 is 0 Å². The lowest BCUT2D eigenvalue weighted by Gasteiger charge is -2.30. The summed E-state index contributed by atoms with van der Waals surface area (Å²) in [7, 11) is 0. The summed E-state index contributed by atoms with van der Waals surface area (Å²) in [6.07, 6.45) is 4.88. The fourth-order valence-corrected chi connectivity index (χ4v) is 4.93. The smallest absolute Gasteiger partial charge is 0.350 e. The van der Waals surface area contributed by atoms with Crippen molar-refractivity contribution in [1.29, 1.82) is 0 Å². The fourth-order valence-electron chi connectivity index (χ4n) is 4.37. The highest BCUT2D eigenvalue weighted by molar-refractivity contribution is 6.35. The largest absolute Gasteiger partial charge is 0.491 e. The van der Waals surface area contributed by atoms with Gasteiger partial charge in [0.15, 0.2) is 0 Å². The van der Waals surface area contributed by atoms with E-state index in [0.717, 1.165) is 5.69 Å². The highest BCUT2D eigenvalue weighted by atomic mass is 35.5. The van der Waals surface area contributed by atoms with Crippen LogP contribution in [-0.2, 0) is 21.8 Å². The van der Waals surface area contributed by atoms with Crippen LogP contribution in [0, 0.1) is 6.92 Å². The van der Waals surface area contributed by atoms with Gasteiger partial charge in [0.1, 0.15) is 24.3 Å². The third-order valence-corrected chi connectivity index (χ3v) is 6.68. The van der Waals surface area contributed by atoms with Gasteiger partial charge < -0.3 is 18.8 Å². The Hall–Kier alpha value is -3.11. The minimum absolute atomic E-state index is 0.0210. The number of hydrogen-bond donors (Lipinski definition) is 0. The number of hydrogen-bond acceptors (Lipinski definition) is 6. The van der Waals surface area contributed by atoms with Crippen LogP contribution in [0.15, 0.2) is 66.0 Å². The Bertz CT molecular complexity index is 1430. The molecule has 1 aliphatic heterocycles. The van der Waals surface area contributed by atoms with Gasteiger partial charge in [0.25, 0.3) is 0 Å². The second-order valence-corrected chi connectivity index (χ2v) is 10.0. The first-order valence-corrected chi connectivity index (χ1v) is 12.7. The molecule has 0 spiro atoms. The van der Waals surface area contributed by atoms with E-state index < -0.39 is 5.79 Å². The molecule has 11 heteroatoms. The van der Waals surface area contributed by atoms with Crippen molar-refractivity contribution in [2.24, 2.45) is 0 Å². The molecule has 1 fully saturated rings. The van der Waals surface area contributed by atoms with Crippen LogP contribution in [0.4, 0.5) is 0 Å². The van der Waals surface area contributed by atoms with Crippen molar-refractivity contribution in [1.82, 2.24) is 23.9 Å². The molecule has 0 aliphatic carbocycles. The fraction of sp³-hybridized carbons (Fsp3) is 0.346. The maximum absolute atomic E-state index is 12.7. The van der Waals surface area contributed by atoms with Crippen molar-refractivity contribution in [3.63, 3.8) is 0 Å². The third kappa shape index (κ3) is 5.17. The molecular formula is C26H27Cl2N5O4. The molecule has 0 bridgehead atoms.